The monoisotopic (exact) mass is 966 g/mol. The molecule has 26 nitrogen and oxygen atoms in total. The maximum absolute atomic E-state index is 12.7. The summed E-state index contributed by atoms with van der Waals surface area (Å²) in [4.78, 5) is 124. The van der Waals surface area contributed by atoms with E-state index in [1.54, 1.807) is 6.92 Å². The smallest absolute Gasteiger partial charge is 0.303 e. The minimum absolute atomic E-state index is 0.0458. The van der Waals surface area contributed by atoms with Crippen molar-refractivity contribution in [1.82, 2.24) is 0 Å². The molecular weight excluding hydrogens is 908 g/mol. The first kappa shape index (κ1) is 55.8. The van der Waals surface area contributed by atoms with Crippen LogP contribution in [0.1, 0.15) is 82.6 Å². The maximum Gasteiger partial charge on any atom is 0.303 e. The zero-order valence-corrected chi connectivity index (χ0v) is 38.8. The minimum atomic E-state index is -1.83. The molecule has 26 heteroatoms. The molecule has 3 heterocycles. The fourth-order valence-corrected chi connectivity index (χ4v) is 7.18. The largest absolute Gasteiger partial charge is 0.463 e. The molecule has 0 aromatic carbocycles. The van der Waals surface area contributed by atoms with E-state index in [-0.39, 0.29) is 6.61 Å². The Morgan fingerprint density at radius 3 is 0.806 bits per heavy atom. The third-order valence-corrected chi connectivity index (χ3v) is 9.28. The summed E-state index contributed by atoms with van der Waals surface area (Å²) in [5.74, 6) is -9.05. The Labute approximate surface area is 384 Å². The number of rotatable bonds is 20. The second-order valence-corrected chi connectivity index (χ2v) is 15.1. The van der Waals surface area contributed by atoms with Gasteiger partial charge in [-0.15, -0.1) is 0 Å². The van der Waals surface area contributed by atoms with Crippen molar-refractivity contribution < 1.29 is 124 Å². The van der Waals surface area contributed by atoms with Gasteiger partial charge in [0.05, 0.1) is 13.2 Å². The van der Waals surface area contributed by atoms with Gasteiger partial charge in [0.25, 0.3) is 0 Å². The van der Waals surface area contributed by atoms with Crippen LogP contribution in [-0.2, 0) is 124 Å². The van der Waals surface area contributed by atoms with Crippen LogP contribution >= 0.6 is 0 Å². The third kappa shape index (κ3) is 17.2. The normalized spacial score (nSPS) is 31.4. The van der Waals surface area contributed by atoms with Crippen molar-refractivity contribution in [3.8, 4) is 0 Å². The van der Waals surface area contributed by atoms with E-state index in [2.05, 4.69) is 0 Å². The van der Waals surface area contributed by atoms with Gasteiger partial charge in [0.2, 0.25) is 0 Å². The van der Waals surface area contributed by atoms with Gasteiger partial charge >= 0.3 is 59.7 Å². The number of esters is 10. The lowest BCUT2D eigenvalue weighted by atomic mass is 9.96. The van der Waals surface area contributed by atoms with Gasteiger partial charge in [-0.2, -0.15) is 0 Å². The van der Waals surface area contributed by atoms with Crippen LogP contribution in [0.4, 0.5) is 0 Å². The first-order chi connectivity index (χ1) is 31.4. The summed E-state index contributed by atoms with van der Waals surface area (Å²) >= 11 is 0. The van der Waals surface area contributed by atoms with Gasteiger partial charge in [0, 0.05) is 75.8 Å². The Bertz CT molecular complexity index is 1780. The molecule has 378 valence electrons. The van der Waals surface area contributed by atoms with Crippen LogP contribution in [0.25, 0.3) is 0 Å². The minimum Gasteiger partial charge on any atom is -0.463 e. The highest BCUT2D eigenvalue weighted by atomic mass is 16.8. The quantitative estimate of drug-likeness (QED) is 0.110. The molecule has 0 amide bonds. The van der Waals surface area contributed by atoms with Gasteiger partial charge in [-0.05, 0) is 6.42 Å². The van der Waals surface area contributed by atoms with Crippen molar-refractivity contribution in [1.29, 1.82) is 0 Å². The summed E-state index contributed by atoms with van der Waals surface area (Å²) in [5, 5.41) is 0. The van der Waals surface area contributed by atoms with Crippen molar-refractivity contribution in [3.05, 3.63) is 0 Å². The molecule has 0 spiro atoms. The average molecular weight is 967 g/mol. The summed E-state index contributed by atoms with van der Waals surface area (Å²) in [6.45, 7) is 10.0. The van der Waals surface area contributed by atoms with Crippen molar-refractivity contribution >= 4 is 59.7 Å². The van der Waals surface area contributed by atoms with Gasteiger partial charge < -0.3 is 75.8 Å². The molecule has 0 unspecified atom stereocenters. The molecule has 3 aliphatic heterocycles. The molecule has 0 aliphatic carbocycles. The van der Waals surface area contributed by atoms with Crippen molar-refractivity contribution in [2.24, 2.45) is 0 Å². The zero-order chi connectivity index (χ0) is 50.3. The maximum atomic E-state index is 12.7. The van der Waals surface area contributed by atoms with E-state index in [1.165, 1.54) is 0 Å². The molecule has 15 atom stereocenters. The molecule has 0 aromatic heterocycles. The van der Waals surface area contributed by atoms with E-state index in [1.807, 2.05) is 0 Å². The van der Waals surface area contributed by atoms with E-state index < -0.39 is 172 Å². The molecule has 3 aliphatic rings. The molecule has 3 fully saturated rings. The molecule has 0 N–H and O–H groups in total. The van der Waals surface area contributed by atoms with E-state index in [0.29, 0.717) is 6.42 Å². The number of carbonyl (C=O) groups excluding carboxylic acids is 10. The standard InChI is InChI=1S/C41H58O26/c1-12-13-52-39-36(62-24(9)49)33(59-21(6)46)31(57-19(4)44)28(65-39)15-54-41-38(64-26(11)51)35(61-23(8)48)32(58-20(5)45)29(67-41)16-55-40-37(63-25(10)50)34(60-22(7)47)30(56-18(3)43)27(66-40)14-53-17(2)42/h27-41H,12-16H2,1-11H3/t27-,28-,29-,30+,31-,32+,33+,34+,35+,36-,37-,38-,39-,40+,41+/m1/s1. The summed E-state index contributed by atoms with van der Waals surface area (Å²) < 4.78 is 91.0. The molecular formula is C41H58O26. The Kier molecular flexibility index (Phi) is 21.7. The Morgan fingerprint density at radius 1 is 0.313 bits per heavy atom. The van der Waals surface area contributed by atoms with Crippen LogP contribution in [0.15, 0.2) is 0 Å². The van der Waals surface area contributed by atoms with Crippen molar-refractivity contribution in [2.45, 2.75) is 175 Å². The average Bonchev–Trinajstić information content (AvgIpc) is 3.19. The molecule has 0 bridgehead atoms. The number of ether oxygens (including phenoxy) is 16. The van der Waals surface area contributed by atoms with Gasteiger partial charge in [-0.25, -0.2) is 0 Å². The predicted molar refractivity (Wildman–Crippen MR) is 211 cm³/mol. The molecule has 0 radical (unpaired) electrons. The van der Waals surface area contributed by atoms with Gasteiger partial charge in [-0.1, -0.05) is 6.92 Å². The molecule has 3 rings (SSSR count). The highest BCUT2D eigenvalue weighted by Crippen LogP contribution is 2.35. The van der Waals surface area contributed by atoms with E-state index in [0.717, 1.165) is 69.2 Å². The summed E-state index contributed by atoms with van der Waals surface area (Å²) in [6.07, 6.45) is -23.8. The van der Waals surface area contributed by atoms with Crippen LogP contribution in [0, 0.1) is 0 Å². The highest BCUT2D eigenvalue weighted by Gasteiger charge is 2.57. The van der Waals surface area contributed by atoms with Crippen molar-refractivity contribution in [3.63, 3.8) is 0 Å². The first-order valence-corrected chi connectivity index (χ1v) is 20.9. The topological polar surface area (TPSA) is 318 Å². The van der Waals surface area contributed by atoms with Crippen LogP contribution in [0.2, 0.25) is 0 Å². The molecule has 0 saturated carbocycles. The molecule has 67 heavy (non-hydrogen) atoms. The predicted octanol–water partition coefficient (Wildman–Crippen LogP) is -0.431. The molecule has 3 saturated heterocycles. The fourth-order valence-electron chi connectivity index (χ4n) is 7.18. The van der Waals surface area contributed by atoms with Crippen LogP contribution in [0.3, 0.4) is 0 Å². The lowest BCUT2D eigenvalue weighted by Gasteiger charge is -2.47. The number of carbonyl (C=O) groups is 10. The van der Waals surface area contributed by atoms with E-state index in [9.17, 15) is 47.9 Å². The van der Waals surface area contributed by atoms with Crippen LogP contribution in [-0.4, -0.2) is 178 Å². The Morgan fingerprint density at radius 2 is 0.552 bits per heavy atom. The third-order valence-electron chi connectivity index (χ3n) is 9.28. The Balaban J connectivity index is 2.14. The van der Waals surface area contributed by atoms with E-state index >= 15 is 0 Å². The second-order valence-electron chi connectivity index (χ2n) is 15.1. The lowest BCUT2D eigenvalue weighted by Crippen LogP contribution is -2.65. The highest BCUT2D eigenvalue weighted by molar-refractivity contribution is 5.70. The van der Waals surface area contributed by atoms with Crippen molar-refractivity contribution in [2.75, 3.05) is 26.4 Å². The summed E-state index contributed by atoms with van der Waals surface area (Å²) in [7, 11) is 0. The zero-order valence-electron chi connectivity index (χ0n) is 38.8. The first-order valence-electron chi connectivity index (χ1n) is 20.9. The van der Waals surface area contributed by atoms with Gasteiger partial charge in [0.1, 0.15) is 24.9 Å². The van der Waals surface area contributed by atoms with Crippen LogP contribution < -0.4 is 0 Å². The Hall–Kier alpha value is -5.54. The fraction of sp³-hybridized carbons (Fsp3) is 0.756. The van der Waals surface area contributed by atoms with E-state index in [4.69, 9.17) is 75.8 Å². The number of hydrogen-bond donors (Lipinski definition) is 0. The summed E-state index contributed by atoms with van der Waals surface area (Å²) in [5.41, 5.74) is 0. The SMILES string of the molecule is CCCO[C@@H]1O[C@H](CO[C@H]2O[C@H](CO[C@H]3O[C@H](COC(C)=O)[C@H](OC(C)=O)[C@H](OC(C)=O)[C@H]3OC(C)=O)[C@H](OC(C)=O)[C@H](OC(C)=O)[C@H]2OC(C)=O)[C@@H](OC(C)=O)[C@H](OC(C)=O)[C@H]1OC(C)=O. The van der Waals surface area contributed by atoms with Gasteiger partial charge in [-0.3, -0.25) is 47.9 Å². The molecule has 0 aromatic rings. The number of hydrogen-bond acceptors (Lipinski definition) is 26. The van der Waals surface area contributed by atoms with Gasteiger partial charge in [0.15, 0.2) is 73.8 Å². The second kappa shape index (κ2) is 26.1. The lowest BCUT2D eigenvalue weighted by molar-refractivity contribution is -0.345. The van der Waals surface area contributed by atoms with Crippen LogP contribution in [0.5, 0.6) is 0 Å². The summed E-state index contributed by atoms with van der Waals surface area (Å²) in [6, 6.07) is 0.